The van der Waals surface area contributed by atoms with E-state index in [1.54, 1.807) is 14.0 Å². The summed E-state index contributed by atoms with van der Waals surface area (Å²) in [7, 11) is -4.27. The molecule has 1 aromatic heterocycles. The highest BCUT2D eigenvalue weighted by Crippen LogP contribution is 2.34. The lowest BCUT2D eigenvalue weighted by molar-refractivity contribution is 0.587. The monoisotopic (exact) mass is 370 g/mol. The van der Waals surface area contributed by atoms with Gasteiger partial charge in [-0.2, -0.15) is 5.10 Å². The highest BCUT2D eigenvalue weighted by molar-refractivity contribution is 7.93. The molecule has 0 fully saturated rings. The molecule has 0 atom stereocenters. The minimum Gasteiger partial charge on any atom is -0.272 e. The summed E-state index contributed by atoms with van der Waals surface area (Å²) in [5.74, 6) is 0. The second-order valence-corrected chi connectivity index (χ2v) is 9.26. The fourth-order valence-corrected chi connectivity index (χ4v) is 5.21. The van der Waals surface area contributed by atoms with Crippen LogP contribution in [0.25, 0.3) is 0 Å². The van der Waals surface area contributed by atoms with E-state index >= 15 is 0 Å². The Balaban J connectivity index is 2.06. The maximum atomic E-state index is 12.9. The minimum atomic E-state index is -3.73. The largest absolute Gasteiger partial charge is 0.272 e. The van der Waals surface area contributed by atoms with Crippen LogP contribution in [0, 0.1) is 6.92 Å². The maximum Gasteiger partial charge on any atom is 0.267 e. The second-order valence-electron chi connectivity index (χ2n) is 5.54. The Morgan fingerprint density at radius 2 is 1.92 bits per heavy atom. The molecule has 24 heavy (non-hydrogen) atoms. The van der Waals surface area contributed by atoms with Gasteiger partial charge in [0.1, 0.15) is 4.90 Å². The molecule has 0 unspecified atom stereocenters. The number of rotatable bonds is 4. The van der Waals surface area contributed by atoms with Gasteiger partial charge in [-0.05, 0) is 44.2 Å². The molecule has 0 aliphatic carbocycles. The van der Waals surface area contributed by atoms with Gasteiger partial charge in [0.2, 0.25) is 10.0 Å². The molecular weight excluding hydrogens is 352 g/mol. The summed E-state index contributed by atoms with van der Waals surface area (Å²) >= 11 is 0. The molecule has 1 aliphatic heterocycles. The standard InChI is InChI=1S/C14H18N4O4S2/c1-10-14(9-16-17(10)3)24(21,22)18-7-6-11-8-12(4-5-13(11)18)23(19,20)15-2/h4-5,8-9,15H,6-7H2,1-3H3. The van der Waals surface area contributed by atoms with E-state index in [4.69, 9.17) is 0 Å². The van der Waals surface area contributed by atoms with E-state index in [1.807, 2.05) is 0 Å². The average Bonchev–Trinajstić information content (AvgIpc) is 3.11. The number of aromatic nitrogens is 2. The average molecular weight is 370 g/mol. The summed E-state index contributed by atoms with van der Waals surface area (Å²) in [6.07, 6.45) is 1.80. The van der Waals surface area contributed by atoms with E-state index in [1.165, 1.54) is 40.4 Å². The number of hydrogen-bond donors (Lipinski definition) is 1. The van der Waals surface area contributed by atoms with E-state index in [0.29, 0.717) is 23.4 Å². The van der Waals surface area contributed by atoms with Crippen LogP contribution in [0.4, 0.5) is 5.69 Å². The van der Waals surface area contributed by atoms with Gasteiger partial charge in [0, 0.05) is 13.6 Å². The van der Waals surface area contributed by atoms with Gasteiger partial charge in [-0.1, -0.05) is 0 Å². The molecule has 0 saturated heterocycles. The Morgan fingerprint density at radius 1 is 1.21 bits per heavy atom. The van der Waals surface area contributed by atoms with Gasteiger partial charge < -0.3 is 0 Å². The lowest BCUT2D eigenvalue weighted by Crippen LogP contribution is -2.29. The van der Waals surface area contributed by atoms with Crippen molar-refractivity contribution in [1.82, 2.24) is 14.5 Å². The predicted octanol–water partition coefficient (Wildman–Crippen LogP) is 0.388. The normalized spacial score (nSPS) is 14.9. The van der Waals surface area contributed by atoms with Crippen LogP contribution in [-0.4, -0.2) is 40.2 Å². The van der Waals surface area contributed by atoms with Crippen LogP contribution in [0.15, 0.2) is 34.2 Å². The van der Waals surface area contributed by atoms with Crippen molar-refractivity contribution >= 4 is 25.7 Å². The molecule has 0 saturated carbocycles. The third kappa shape index (κ3) is 2.50. The molecule has 0 spiro atoms. The molecule has 2 heterocycles. The fraction of sp³-hybridized carbons (Fsp3) is 0.357. The molecule has 1 aliphatic rings. The first-order valence-corrected chi connectivity index (χ1v) is 10.2. The number of hydrogen-bond acceptors (Lipinski definition) is 5. The quantitative estimate of drug-likeness (QED) is 0.839. The molecule has 0 radical (unpaired) electrons. The first kappa shape index (κ1) is 16.9. The van der Waals surface area contributed by atoms with Gasteiger partial charge in [0.15, 0.2) is 0 Å². The van der Waals surface area contributed by atoms with Crippen LogP contribution < -0.4 is 9.03 Å². The predicted molar refractivity (Wildman–Crippen MR) is 88.9 cm³/mol. The maximum absolute atomic E-state index is 12.9. The van der Waals surface area contributed by atoms with Crippen LogP contribution in [0.3, 0.4) is 0 Å². The van der Waals surface area contributed by atoms with Crippen molar-refractivity contribution in [3.8, 4) is 0 Å². The first-order chi connectivity index (χ1) is 11.2. The van der Waals surface area contributed by atoms with E-state index in [2.05, 4.69) is 9.82 Å². The third-order valence-electron chi connectivity index (χ3n) is 4.24. The molecule has 8 nitrogen and oxygen atoms in total. The number of benzene rings is 1. The van der Waals surface area contributed by atoms with E-state index in [-0.39, 0.29) is 16.3 Å². The summed E-state index contributed by atoms with van der Waals surface area (Å²) in [6, 6.07) is 4.47. The van der Waals surface area contributed by atoms with Gasteiger partial charge in [0.05, 0.1) is 22.5 Å². The van der Waals surface area contributed by atoms with Crippen LogP contribution in [0.5, 0.6) is 0 Å². The topological polar surface area (TPSA) is 101 Å². The van der Waals surface area contributed by atoms with Crippen molar-refractivity contribution in [2.24, 2.45) is 7.05 Å². The van der Waals surface area contributed by atoms with Crippen LogP contribution in [0.2, 0.25) is 0 Å². The lowest BCUT2D eigenvalue weighted by atomic mass is 10.2. The smallest absolute Gasteiger partial charge is 0.267 e. The third-order valence-corrected chi connectivity index (χ3v) is 7.57. The number of sulfonamides is 2. The number of nitrogens with zero attached hydrogens (tertiary/aromatic N) is 3. The highest BCUT2D eigenvalue weighted by Gasteiger charge is 2.33. The van der Waals surface area contributed by atoms with E-state index in [0.717, 1.165) is 0 Å². The number of anilines is 1. The molecule has 10 heteroatoms. The van der Waals surface area contributed by atoms with Gasteiger partial charge >= 0.3 is 0 Å². The summed E-state index contributed by atoms with van der Waals surface area (Å²) in [5, 5.41) is 3.99. The van der Waals surface area contributed by atoms with Crippen molar-refractivity contribution in [2.45, 2.75) is 23.1 Å². The zero-order valence-corrected chi connectivity index (χ0v) is 15.1. The Labute approximate surface area is 141 Å². The van der Waals surface area contributed by atoms with Crippen LogP contribution in [0.1, 0.15) is 11.3 Å². The Bertz CT molecular complexity index is 1010. The Kier molecular flexibility index (Phi) is 3.93. The number of nitrogens with one attached hydrogen (secondary N) is 1. The van der Waals surface area contributed by atoms with Crippen molar-refractivity contribution in [1.29, 1.82) is 0 Å². The Hall–Kier alpha value is -1.91. The molecule has 2 aromatic rings. The molecule has 130 valence electrons. The molecular formula is C14H18N4O4S2. The summed E-state index contributed by atoms with van der Waals surface area (Å²) < 4.78 is 54.7. The van der Waals surface area contributed by atoms with Crippen LogP contribution >= 0.6 is 0 Å². The molecule has 3 rings (SSSR count). The van der Waals surface area contributed by atoms with Gasteiger partial charge in [-0.15, -0.1) is 0 Å². The molecule has 0 bridgehead atoms. The number of aryl methyl sites for hydroxylation is 1. The van der Waals surface area contributed by atoms with Crippen molar-refractivity contribution < 1.29 is 16.8 Å². The summed E-state index contributed by atoms with van der Waals surface area (Å²) in [5.41, 5.74) is 1.75. The highest BCUT2D eigenvalue weighted by atomic mass is 32.2. The van der Waals surface area contributed by atoms with Crippen LogP contribution in [-0.2, 0) is 33.5 Å². The van der Waals surface area contributed by atoms with Gasteiger partial charge in [-0.3, -0.25) is 8.99 Å². The number of fused-ring (bicyclic) bond motifs is 1. The van der Waals surface area contributed by atoms with E-state index in [9.17, 15) is 16.8 Å². The second kappa shape index (κ2) is 5.57. The van der Waals surface area contributed by atoms with Crippen molar-refractivity contribution in [3.63, 3.8) is 0 Å². The summed E-state index contributed by atoms with van der Waals surface area (Å²) in [4.78, 5) is 0.283. The SMILES string of the molecule is CNS(=O)(=O)c1ccc2c(c1)CCN2S(=O)(=O)c1cnn(C)c1C. The first-order valence-electron chi connectivity index (χ1n) is 7.26. The fourth-order valence-electron chi connectivity index (χ4n) is 2.73. The molecule has 1 aromatic carbocycles. The zero-order valence-electron chi connectivity index (χ0n) is 13.5. The zero-order chi connectivity index (χ0) is 17.7. The van der Waals surface area contributed by atoms with Crippen molar-refractivity contribution in [2.75, 3.05) is 17.9 Å². The van der Waals surface area contributed by atoms with Gasteiger partial charge in [0.25, 0.3) is 10.0 Å². The van der Waals surface area contributed by atoms with Crippen molar-refractivity contribution in [3.05, 3.63) is 35.7 Å². The summed E-state index contributed by atoms with van der Waals surface area (Å²) in [6.45, 7) is 1.97. The van der Waals surface area contributed by atoms with E-state index < -0.39 is 20.0 Å². The van der Waals surface area contributed by atoms with Gasteiger partial charge in [-0.25, -0.2) is 21.6 Å². The minimum absolute atomic E-state index is 0.126. The molecule has 0 amide bonds. The lowest BCUT2D eigenvalue weighted by Gasteiger charge is -2.19. The molecule has 1 N–H and O–H groups in total. The Morgan fingerprint density at radius 3 is 2.50 bits per heavy atom.